The molecular weight excluding hydrogens is 288 g/mol. The molecule has 0 fully saturated rings. The molecule has 2 rings (SSSR count). The lowest BCUT2D eigenvalue weighted by Gasteiger charge is -2.18. The van der Waals surface area contributed by atoms with Crippen LogP contribution in [-0.2, 0) is 0 Å². The molecule has 110 valence electrons. The van der Waals surface area contributed by atoms with Crippen LogP contribution in [0.5, 0.6) is 0 Å². The Bertz CT molecular complexity index is 611. The number of hydrogen-bond acceptors (Lipinski definition) is 4. The van der Waals surface area contributed by atoms with Crippen molar-refractivity contribution in [2.24, 2.45) is 0 Å². The van der Waals surface area contributed by atoms with Crippen LogP contribution in [0.25, 0.3) is 0 Å². The molecule has 1 aromatic heterocycles. The summed E-state index contributed by atoms with van der Waals surface area (Å²) in [6, 6.07) is 8.90. The third-order valence-electron chi connectivity index (χ3n) is 3.05. The summed E-state index contributed by atoms with van der Waals surface area (Å²) in [5, 5.41) is 3.79. The van der Waals surface area contributed by atoms with Gasteiger partial charge in [-0.1, -0.05) is 11.6 Å². The average Bonchev–Trinajstić information content (AvgIpc) is 2.51. The van der Waals surface area contributed by atoms with Gasteiger partial charge in [-0.3, -0.25) is 4.79 Å². The van der Waals surface area contributed by atoms with Gasteiger partial charge in [0.15, 0.2) is 0 Å². The first kappa shape index (κ1) is 15.3. The van der Waals surface area contributed by atoms with E-state index in [1.807, 2.05) is 26.0 Å². The van der Waals surface area contributed by atoms with Crippen molar-refractivity contribution < 1.29 is 4.79 Å². The van der Waals surface area contributed by atoms with Crippen LogP contribution < -0.4 is 5.32 Å². The van der Waals surface area contributed by atoms with Crippen molar-refractivity contribution in [3.8, 4) is 0 Å². The molecule has 1 N–H and O–H groups in total. The Hall–Kier alpha value is -2.14. The first-order valence-electron chi connectivity index (χ1n) is 6.78. The van der Waals surface area contributed by atoms with Gasteiger partial charge < -0.3 is 10.2 Å². The van der Waals surface area contributed by atoms with Crippen molar-refractivity contribution in [2.45, 2.75) is 13.8 Å². The molecule has 0 saturated carbocycles. The van der Waals surface area contributed by atoms with Gasteiger partial charge in [0.1, 0.15) is 17.8 Å². The van der Waals surface area contributed by atoms with E-state index in [1.54, 1.807) is 23.1 Å². The first-order chi connectivity index (χ1) is 10.1. The number of nitrogens with one attached hydrogen (secondary N) is 1. The van der Waals surface area contributed by atoms with Crippen molar-refractivity contribution in [2.75, 3.05) is 18.4 Å². The number of halogens is 1. The molecule has 0 bridgehead atoms. The quantitative estimate of drug-likeness (QED) is 0.920. The number of benzene rings is 1. The zero-order chi connectivity index (χ0) is 15.2. The summed E-state index contributed by atoms with van der Waals surface area (Å²) in [7, 11) is 0. The fraction of sp³-hybridized carbons (Fsp3) is 0.267. The summed E-state index contributed by atoms with van der Waals surface area (Å²) < 4.78 is 0. The zero-order valence-corrected chi connectivity index (χ0v) is 12.8. The van der Waals surface area contributed by atoms with E-state index in [1.165, 1.54) is 6.33 Å². The van der Waals surface area contributed by atoms with E-state index in [-0.39, 0.29) is 5.91 Å². The van der Waals surface area contributed by atoms with Crippen LogP contribution in [0.4, 0.5) is 11.5 Å². The summed E-state index contributed by atoms with van der Waals surface area (Å²) >= 11 is 5.84. The number of carbonyl (C=O) groups excluding carboxylic acids is 1. The topological polar surface area (TPSA) is 58.1 Å². The van der Waals surface area contributed by atoms with E-state index >= 15 is 0 Å². The first-order valence-corrected chi connectivity index (χ1v) is 7.15. The predicted molar refractivity (Wildman–Crippen MR) is 84.0 cm³/mol. The third kappa shape index (κ3) is 3.92. The Kier molecular flexibility index (Phi) is 5.11. The van der Waals surface area contributed by atoms with Crippen LogP contribution in [-0.4, -0.2) is 33.9 Å². The molecule has 0 saturated heterocycles. The number of nitrogens with zero attached hydrogens (tertiary/aromatic N) is 3. The molecule has 0 atom stereocenters. The molecule has 0 unspecified atom stereocenters. The van der Waals surface area contributed by atoms with Gasteiger partial charge in [0, 0.05) is 29.9 Å². The zero-order valence-electron chi connectivity index (χ0n) is 12.0. The van der Waals surface area contributed by atoms with E-state index in [0.717, 1.165) is 5.69 Å². The monoisotopic (exact) mass is 304 g/mol. The van der Waals surface area contributed by atoms with Crippen molar-refractivity contribution in [3.05, 3.63) is 47.4 Å². The lowest BCUT2D eigenvalue weighted by atomic mass is 10.3. The van der Waals surface area contributed by atoms with Crippen molar-refractivity contribution in [1.82, 2.24) is 14.9 Å². The van der Waals surface area contributed by atoms with Gasteiger partial charge in [0.05, 0.1) is 0 Å². The Morgan fingerprint density at radius 3 is 2.48 bits per heavy atom. The van der Waals surface area contributed by atoms with Gasteiger partial charge in [0.2, 0.25) is 0 Å². The van der Waals surface area contributed by atoms with Gasteiger partial charge in [-0.2, -0.15) is 0 Å². The van der Waals surface area contributed by atoms with E-state index < -0.39 is 0 Å². The highest BCUT2D eigenvalue weighted by Crippen LogP contribution is 2.18. The molecule has 2 aromatic rings. The highest BCUT2D eigenvalue weighted by Gasteiger charge is 2.14. The van der Waals surface area contributed by atoms with Crippen LogP contribution in [0.3, 0.4) is 0 Å². The average molecular weight is 305 g/mol. The van der Waals surface area contributed by atoms with Crippen LogP contribution in [0.1, 0.15) is 24.3 Å². The maximum absolute atomic E-state index is 12.2. The second kappa shape index (κ2) is 7.04. The molecule has 1 amide bonds. The van der Waals surface area contributed by atoms with Gasteiger partial charge >= 0.3 is 0 Å². The Labute approximate surface area is 129 Å². The molecular formula is C15H17ClN4O. The fourth-order valence-corrected chi connectivity index (χ4v) is 2.02. The number of carbonyl (C=O) groups is 1. The largest absolute Gasteiger partial charge is 0.340 e. The predicted octanol–water partition coefficient (Wildman–Crippen LogP) is 3.36. The second-order valence-electron chi connectivity index (χ2n) is 4.40. The Morgan fingerprint density at radius 2 is 1.86 bits per heavy atom. The second-order valence-corrected chi connectivity index (χ2v) is 4.83. The SMILES string of the molecule is CCN(CC)C(=O)c1cc(Nc2ccc(Cl)cc2)ncn1. The summed E-state index contributed by atoms with van der Waals surface area (Å²) in [4.78, 5) is 22.1. The van der Waals surface area contributed by atoms with E-state index in [4.69, 9.17) is 11.6 Å². The van der Waals surface area contributed by atoms with E-state index in [2.05, 4.69) is 15.3 Å². The van der Waals surface area contributed by atoms with Gasteiger partial charge in [-0.25, -0.2) is 9.97 Å². The van der Waals surface area contributed by atoms with Crippen molar-refractivity contribution in [3.63, 3.8) is 0 Å². The Balaban J connectivity index is 2.17. The van der Waals surface area contributed by atoms with Crippen molar-refractivity contribution in [1.29, 1.82) is 0 Å². The number of anilines is 2. The number of amides is 1. The summed E-state index contributed by atoms with van der Waals surface area (Å²) in [5.41, 5.74) is 1.23. The van der Waals surface area contributed by atoms with Gasteiger partial charge in [-0.05, 0) is 38.1 Å². The van der Waals surface area contributed by atoms with Crippen LogP contribution in [0.2, 0.25) is 5.02 Å². The standard InChI is InChI=1S/C15H17ClN4O/c1-3-20(4-2)15(21)13-9-14(18-10-17-13)19-12-7-5-11(16)6-8-12/h5-10H,3-4H2,1-2H3,(H,17,18,19). The van der Waals surface area contributed by atoms with Gasteiger partial charge in [0.25, 0.3) is 5.91 Å². The highest BCUT2D eigenvalue weighted by molar-refractivity contribution is 6.30. The minimum absolute atomic E-state index is 0.0958. The molecule has 5 nitrogen and oxygen atoms in total. The molecule has 6 heteroatoms. The molecule has 0 radical (unpaired) electrons. The lowest BCUT2D eigenvalue weighted by molar-refractivity contribution is 0.0767. The van der Waals surface area contributed by atoms with Crippen LogP contribution >= 0.6 is 11.6 Å². The number of aromatic nitrogens is 2. The highest BCUT2D eigenvalue weighted by atomic mass is 35.5. The number of rotatable bonds is 5. The fourth-order valence-electron chi connectivity index (χ4n) is 1.90. The normalized spacial score (nSPS) is 10.2. The van der Waals surface area contributed by atoms with E-state index in [9.17, 15) is 4.79 Å². The Morgan fingerprint density at radius 1 is 1.19 bits per heavy atom. The van der Waals surface area contributed by atoms with Crippen LogP contribution in [0.15, 0.2) is 36.7 Å². The minimum atomic E-state index is -0.0958. The smallest absolute Gasteiger partial charge is 0.272 e. The number of hydrogen-bond donors (Lipinski definition) is 1. The molecule has 21 heavy (non-hydrogen) atoms. The molecule has 0 spiro atoms. The van der Waals surface area contributed by atoms with E-state index in [0.29, 0.717) is 29.6 Å². The maximum atomic E-state index is 12.2. The summed E-state index contributed by atoms with van der Waals surface area (Å²) in [5.74, 6) is 0.476. The lowest BCUT2D eigenvalue weighted by Crippen LogP contribution is -2.31. The third-order valence-corrected chi connectivity index (χ3v) is 3.31. The molecule has 0 aliphatic rings. The molecule has 1 heterocycles. The van der Waals surface area contributed by atoms with Crippen molar-refractivity contribution >= 4 is 29.0 Å². The van der Waals surface area contributed by atoms with Crippen LogP contribution in [0, 0.1) is 0 Å². The summed E-state index contributed by atoms with van der Waals surface area (Å²) in [6.07, 6.45) is 1.38. The van der Waals surface area contributed by atoms with Gasteiger partial charge in [-0.15, -0.1) is 0 Å². The molecule has 1 aromatic carbocycles. The molecule has 0 aliphatic heterocycles. The molecule has 0 aliphatic carbocycles. The maximum Gasteiger partial charge on any atom is 0.272 e. The summed E-state index contributed by atoms with van der Waals surface area (Å²) in [6.45, 7) is 5.18. The minimum Gasteiger partial charge on any atom is -0.340 e.